The van der Waals surface area contributed by atoms with Gasteiger partial charge in [-0.05, 0) is 125 Å². The number of halogens is 5. The Bertz CT molecular complexity index is 1020. The first-order valence-corrected chi connectivity index (χ1v) is 20.3. The van der Waals surface area contributed by atoms with Gasteiger partial charge in [0.15, 0.2) is 0 Å². The number of carboxylic acids is 1. The lowest BCUT2D eigenvalue weighted by atomic mass is 10.2. The number of rotatable bonds is 24. The highest BCUT2D eigenvalue weighted by Gasteiger charge is 2.06. The van der Waals surface area contributed by atoms with Crippen molar-refractivity contribution in [3.63, 3.8) is 0 Å². The lowest BCUT2D eigenvalue weighted by Gasteiger charge is -2.21. The van der Waals surface area contributed by atoms with Gasteiger partial charge in [0.1, 0.15) is 11.5 Å². The largest absolute Gasteiger partial charge is 0.494 e. The van der Waals surface area contributed by atoms with Crippen molar-refractivity contribution < 1.29 is 28.4 Å². The summed E-state index contributed by atoms with van der Waals surface area (Å²) in [6, 6.07) is 13.6. The Morgan fingerprint density at radius 3 is 1.14 bits per heavy atom. The summed E-state index contributed by atoms with van der Waals surface area (Å²) in [4.78, 5) is 26.8. The maximum absolute atomic E-state index is 11.0. The first kappa shape index (κ1) is 53.1. The van der Waals surface area contributed by atoms with Crippen LogP contribution in [0.4, 0.5) is 0 Å². The predicted octanol–water partition coefficient (Wildman–Crippen LogP) is 10.7. The summed E-state index contributed by atoms with van der Waals surface area (Å²) < 4.78 is 20.5. The van der Waals surface area contributed by atoms with Crippen molar-refractivity contribution in [2.45, 2.75) is 91.9 Å². The van der Waals surface area contributed by atoms with Crippen LogP contribution in [0.3, 0.4) is 0 Å². The predicted molar refractivity (Wildman–Crippen MR) is 217 cm³/mol. The van der Waals surface area contributed by atoms with E-state index in [0.29, 0.717) is 18.8 Å². The summed E-state index contributed by atoms with van der Waals surface area (Å²) in [6.07, 6.45) is 12.0. The molecule has 290 valence electrons. The molecule has 2 aromatic carbocycles. The Labute approximate surface area is 330 Å². The molecule has 0 fully saturated rings. The molecule has 0 atom stereocenters. The molecule has 0 bridgehead atoms. The Balaban J connectivity index is -0.000000769. The topological polar surface area (TPSA) is 96.4 Å². The van der Waals surface area contributed by atoms with Gasteiger partial charge in [0.2, 0.25) is 9.23 Å². The molecule has 8 nitrogen and oxygen atoms in total. The van der Waals surface area contributed by atoms with Gasteiger partial charge in [0.05, 0.1) is 18.8 Å². The van der Waals surface area contributed by atoms with Crippen LogP contribution in [0.5, 0.6) is 11.5 Å². The molecule has 0 radical (unpaired) electrons. The summed E-state index contributed by atoms with van der Waals surface area (Å²) in [5.41, 5.74) is 0.789. The molecule has 0 unspecified atom stereocenters. The lowest BCUT2D eigenvalue weighted by Crippen LogP contribution is -2.28. The third kappa shape index (κ3) is 30.3. The Morgan fingerprint density at radius 2 is 0.880 bits per heavy atom. The van der Waals surface area contributed by atoms with E-state index < -0.39 is 20.4 Å². The van der Waals surface area contributed by atoms with Crippen molar-refractivity contribution in [2.24, 2.45) is 0 Å². The molecule has 14 heteroatoms. The van der Waals surface area contributed by atoms with Crippen molar-refractivity contribution >= 4 is 78.2 Å². The standard InChI is InChI=1S/C18H28ClNO2.C18H29NO3.Cl2OS.2ClH/c1-3-5-12-20(13-6-4-2)14-7-15-22-17-10-8-16(9-11-17)18(19)21;1-3-5-12-19(13-6-4-2)14-7-15-22-17-10-8-16(9-11-17)18(20)21;1-4(2)3;;/h8-11H,3-7,12-15H2,1-2H3;8-11H,3-7,12-15H2,1-2H3,(H,20,21);;2*1H. The van der Waals surface area contributed by atoms with Gasteiger partial charge in [-0.3, -0.25) is 4.79 Å². The van der Waals surface area contributed by atoms with Crippen LogP contribution in [-0.4, -0.2) is 82.8 Å². The summed E-state index contributed by atoms with van der Waals surface area (Å²) >= 11 is 5.42. The number of carboxylic acid groups (broad SMARTS) is 1. The summed E-state index contributed by atoms with van der Waals surface area (Å²) in [6.45, 7) is 17.1. The van der Waals surface area contributed by atoms with E-state index in [0.717, 1.165) is 37.4 Å². The lowest BCUT2D eigenvalue weighted by molar-refractivity contribution is 0.0696. The number of benzene rings is 2. The van der Waals surface area contributed by atoms with Crippen LogP contribution in [0.15, 0.2) is 48.5 Å². The number of ether oxygens (including phenoxy) is 2. The molecule has 0 aliphatic carbocycles. The minimum absolute atomic E-state index is 0. The molecule has 2 aromatic rings. The van der Waals surface area contributed by atoms with Crippen molar-refractivity contribution in [1.82, 2.24) is 9.80 Å². The highest BCUT2D eigenvalue weighted by molar-refractivity contribution is 8.26. The molecule has 1 N–H and O–H groups in total. The van der Waals surface area contributed by atoms with Crippen molar-refractivity contribution in [1.29, 1.82) is 0 Å². The fourth-order valence-corrected chi connectivity index (χ4v) is 4.66. The molecule has 0 saturated carbocycles. The third-order valence-electron chi connectivity index (χ3n) is 7.27. The molecular formula is C36H59Cl5N2O6S. The molecule has 0 aromatic heterocycles. The third-order valence-corrected chi connectivity index (χ3v) is 7.49. The quantitative estimate of drug-likeness (QED) is 0.0826. The van der Waals surface area contributed by atoms with E-state index in [-0.39, 0.29) is 30.4 Å². The average molecular weight is 825 g/mol. The van der Waals surface area contributed by atoms with Gasteiger partial charge in [0.25, 0.3) is 5.24 Å². The highest BCUT2D eigenvalue weighted by atomic mass is 36.0. The fraction of sp³-hybridized carbons (Fsp3) is 0.611. The van der Waals surface area contributed by atoms with Crippen molar-refractivity contribution in [2.75, 3.05) is 52.5 Å². The molecular weight excluding hydrogens is 766 g/mol. The molecule has 2 rings (SSSR count). The van der Waals surface area contributed by atoms with E-state index in [4.69, 9.17) is 30.4 Å². The van der Waals surface area contributed by atoms with Crippen molar-refractivity contribution in [3.05, 3.63) is 59.7 Å². The summed E-state index contributed by atoms with van der Waals surface area (Å²) in [7, 11) is 7.36. The van der Waals surface area contributed by atoms with Gasteiger partial charge in [-0.25, -0.2) is 9.00 Å². The van der Waals surface area contributed by atoms with E-state index in [9.17, 15) is 9.59 Å². The van der Waals surface area contributed by atoms with E-state index in [1.54, 1.807) is 48.5 Å². The second-order valence-corrected chi connectivity index (χ2v) is 14.2. The molecule has 0 spiro atoms. The monoisotopic (exact) mass is 822 g/mol. The second-order valence-electron chi connectivity index (χ2n) is 11.3. The van der Waals surface area contributed by atoms with Crippen LogP contribution in [0.2, 0.25) is 0 Å². The number of nitrogens with zero attached hydrogens (tertiary/aromatic N) is 2. The van der Waals surface area contributed by atoms with Crippen LogP contribution in [0.25, 0.3) is 0 Å². The van der Waals surface area contributed by atoms with Crippen LogP contribution in [0, 0.1) is 0 Å². The van der Waals surface area contributed by atoms with Gasteiger partial charge < -0.3 is 24.4 Å². The number of carbonyl (C=O) groups excluding carboxylic acids is 1. The molecule has 0 saturated heterocycles. The van der Waals surface area contributed by atoms with Gasteiger partial charge in [-0.2, -0.15) is 0 Å². The number of unbranched alkanes of at least 4 members (excludes halogenated alkanes) is 4. The smallest absolute Gasteiger partial charge is 0.335 e. The van der Waals surface area contributed by atoms with Crippen molar-refractivity contribution in [3.8, 4) is 11.5 Å². The zero-order valence-electron chi connectivity index (χ0n) is 30.1. The van der Waals surface area contributed by atoms with E-state index >= 15 is 0 Å². The van der Waals surface area contributed by atoms with Gasteiger partial charge in [-0.1, -0.05) is 53.4 Å². The van der Waals surface area contributed by atoms with Crippen LogP contribution < -0.4 is 9.47 Å². The minimum atomic E-state index is -1.67. The Morgan fingerprint density at radius 1 is 0.600 bits per heavy atom. The van der Waals surface area contributed by atoms with Crippen LogP contribution in [-0.2, 0) is 9.23 Å². The number of carbonyl (C=O) groups is 2. The van der Waals surface area contributed by atoms with Gasteiger partial charge in [-0.15, -0.1) is 24.8 Å². The van der Waals surface area contributed by atoms with E-state index in [1.807, 2.05) is 0 Å². The van der Waals surface area contributed by atoms with Crippen LogP contribution >= 0.6 is 57.8 Å². The molecule has 0 amide bonds. The van der Waals surface area contributed by atoms with E-state index in [2.05, 4.69) is 58.9 Å². The molecule has 0 aliphatic rings. The first-order chi connectivity index (χ1) is 23.1. The minimum Gasteiger partial charge on any atom is -0.494 e. The zero-order valence-corrected chi connectivity index (χ0v) is 34.8. The summed E-state index contributed by atoms with van der Waals surface area (Å²) in [5.74, 6) is 0.614. The Hall–Kier alpha value is -1.30. The SMILES string of the molecule is CCCCN(CCCC)CCCOc1ccc(C(=O)Cl)cc1.CCCCN(CCCC)CCCOc1ccc(C(=O)O)cc1.Cl.Cl.O=S(Cl)Cl. The number of hydrogen-bond donors (Lipinski definition) is 1. The molecule has 50 heavy (non-hydrogen) atoms. The van der Waals surface area contributed by atoms with Gasteiger partial charge >= 0.3 is 5.97 Å². The fourth-order valence-electron chi connectivity index (χ4n) is 4.53. The van der Waals surface area contributed by atoms with Crippen LogP contribution in [0.1, 0.15) is 113 Å². The zero-order chi connectivity index (χ0) is 36.0. The number of aromatic carboxylic acids is 1. The normalized spacial score (nSPS) is 10.3. The number of hydrogen-bond acceptors (Lipinski definition) is 7. The highest BCUT2D eigenvalue weighted by Crippen LogP contribution is 2.15. The summed E-state index contributed by atoms with van der Waals surface area (Å²) in [5, 5.41) is 8.41. The molecule has 0 aliphatic heterocycles. The second kappa shape index (κ2) is 36.1. The first-order valence-electron chi connectivity index (χ1n) is 17.2. The maximum Gasteiger partial charge on any atom is 0.335 e. The molecule has 0 heterocycles. The van der Waals surface area contributed by atoms with E-state index in [1.165, 1.54) is 77.5 Å². The Kier molecular flexibility index (Phi) is 38.3. The maximum atomic E-state index is 11.0. The average Bonchev–Trinajstić information content (AvgIpc) is 3.07. The van der Waals surface area contributed by atoms with Gasteiger partial charge in [0, 0.05) is 40.0 Å².